The Balaban J connectivity index is 1.17. The zero-order chi connectivity index (χ0) is 38.2. The Hall–Kier alpha value is -6.34. The lowest BCUT2D eigenvalue weighted by atomic mass is 9.44. The summed E-state index contributed by atoms with van der Waals surface area (Å²) >= 11 is 3.80. The third-order valence-corrected chi connectivity index (χ3v) is 15.4. The highest BCUT2D eigenvalue weighted by Crippen LogP contribution is 2.49. The van der Waals surface area contributed by atoms with Crippen molar-refractivity contribution >= 4 is 136 Å². The fourth-order valence-corrected chi connectivity index (χ4v) is 12.7. The predicted molar refractivity (Wildman–Crippen MR) is 252 cm³/mol. The lowest BCUT2D eigenvalue weighted by molar-refractivity contribution is 0.590. The van der Waals surface area contributed by atoms with Crippen LogP contribution in [0.3, 0.4) is 0 Å². The molecular formula is C52H33BN2OS2. The van der Waals surface area contributed by atoms with E-state index in [1.165, 1.54) is 107 Å². The molecule has 0 saturated heterocycles. The van der Waals surface area contributed by atoms with Gasteiger partial charge in [-0.15, -0.1) is 22.7 Å². The number of fused-ring (bicyclic) bond motifs is 17. The van der Waals surface area contributed by atoms with Crippen molar-refractivity contribution in [3.05, 3.63) is 151 Å². The number of nitrogens with zero attached hydrogens (tertiary/aromatic N) is 2. The van der Waals surface area contributed by atoms with Crippen molar-refractivity contribution in [1.29, 1.82) is 0 Å². The van der Waals surface area contributed by atoms with Crippen LogP contribution in [0.5, 0.6) is 0 Å². The van der Waals surface area contributed by atoms with Crippen molar-refractivity contribution in [2.24, 2.45) is 0 Å². The molecule has 0 radical (unpaired) electrons. The van der Waals surface area contributed by atoms with Crippen molar-refractivity contribution in [3.63, 3.8) is 0 Å². The molecule has 0 spiro atoms. The van der Waals surface area contributed by atoms with Gasteiger partial charge in [0.25, 0.3) is 0 Å². The molecule has 0 unspecified atom stereocenters. The molecule has 0 N–H and O–H groups in total. The van der Waals surface area contributed by atoms with E-state index in [9.17, 15) is 0 Å². The lowest BCUT2D eigenvalue weighted by Gasteiger charge is -2.42. The number of rotatable bonds is 1. The molecule has 6 heterocycles. The zero-order valence-corrected chi connectivity index (χ0v) is 33.7. The Bertz CT molecular complexity index is 3800. The van der Waals surface area contributed by atoms with E-state index in [1.54, 1.807) is 0 Å². The molecule has 2 aliphatic heterocycles. The summed E-state index contributed by atoms with van der Waals surface area (Å²) in [6.07, 6.45) is 0. The van der Waals surface area contributed by atoms with Crippen molar-refractivity contribution in [1.82, 2.24) is 4.57 Å². The van der Waals surface area contributed by atoms with E-state index in [0.717, 1.165) is 21.9 Å². The number of furan rings is 1. The molecule has 6 heteroatoms. The molecule has 0 atom stereocenters. The van der Waals surface area contributed by atoms with Crippen LogP contribution in [0.25, 0.3) is 101 Å². The Morgan fingerprint density at radius 1 is 0.500 bits per heavy atom. The first-order chi connectivity index (χ1) is 28.4. The third-order valence-electron chi connectivity index (χ3n) is 13.1. The number of hydrogen-bond acceptors (Lipinski definition) is 4. The summed E-state index contributed by atoms with van der Waals surface area (Å²) in [7, 11) is 0. The smallest absolute Gasteiger partial charge is 0.333 e. The normalized spacial score (nSPS) is 13.7. The quantitative estimate of drug-likeness (QED) is 0.155. The van der Waals surface area contributed by atoms with Crippen LogP contribution >= 0.6 is 22.7 Å². The van der Waals surface area contributed by atoms with Crippen LogP contribution in [0.2, 0.25) is 0 Å². The number of hydrogen-bond donors (Lipinski definition) is 0. The van der Waals surface area contributed by atoms with Crippen LogP contribution < -0.4 is 15.7 Å². The maximum Gasteiger partial charge on any atom is 0.333 e. The summed E-state index contributed by atoms with van der Waals surface area (Å²) in [6.45, 7) is 6.83. The van der Waals surface area contributed by atoms with E-state index in [0.29, 0.717) is 0 Å². The maximum atomic E-state index is 6.61. The van der Waals surface area contributed by atoms with E-state index in [-0.39, 0.29) is 12.3 Å². The number of thiophene rings is 2. The largest absolute Gasteiger partial charge is 0.456 e. The SMILES string of the molecule is CC(C)(C)c1ccc(N2B3c4cc5sc6ccccc6c5cc4-n4c5cc6sc7ccccc7c6cc5c5ccc(c3c54)-c3cc4oc5ccccc5c4cc32)cc1. The lowest BCUT2D eigenvalue weighted by Crippen LogP contribution is -2.60. The van der Waals surface area contributed by atoms with Crippen molar-refractivity contribution < 1.29 is 4.42 Å². The summed E-state index contributed by atoms with van der Waals surface area (Å²) in [4.78, 5) is 2.65. The Labute approximate surface area is 342 Å². The van der Waals surface area contributed by atoms with E-state index < -0.39 is 0 Å². The first-order valence-electron chi connectivity index (χ1n) is 20.1. The molecule has 0 fully saturated rings. The van der Waals surface area contributed by atoms with Crippen LogP contribution in [-0.2, 0) is 5.41 Å². The molecule has 14 rings (SSSR count). The second-order valence-corrected chi connectivity index (χ2v) is 19.4. The highest BCUT2D eigenvalue weighted by Gasteiger charge is 2.44. The van der Waals surface area contributed by atoms with Gasteiger partial charge in [0.1, 0.15) is 11.2 Å². The average molecular weight is 777 g/mol. The molecule has 0 bridgehead atoms. The summed E-state index contributed by atoms with van der Waals surface area (Å²) < 4.78 is 14.5. The standard InChI is InChI=1S/C52H33BN2OS2/c1-52(2,3)28-16-18-29(19-17-28)55-42-23-37-30-10-4-7-13-44(30)56-45(37)25-36(42)33-20-21-34-35-22-38-31-11-5-8-14-46(31)58-49(38)27-41(35)54-43-24-39-32-12-6-9-15-47(32)57-48(39)26-40(43)53(55)50(33)51(34)54/h4-27H,1-3H3. The highest BCUT2D eigenvalue weighted by atomic mass is 32.1. The van der Waals surface area contributed by atoms with Gasteiger partial charge in [-0.1, -0.05) is 99.6 Å². The molecule has 8 aromatic carbocycles. The number of benzene rings is 8. The van der Waals surface area contributed by atoms with Gasteiger partial charge >= 0.3 is 6.85 Å². The average Bonchev–Trinajstić information content (AvgIpc) is 3.99. The van der Waals surface area contributed by atoms with Crippen LogP contribution in [-0.4, -0.2) is 11.4 Å². The van der Waals surface area contributed by atoms with Crippen molar-refractivity contribution in [2.45, 2.75) is 26.2 Å². The van der Waals surface area contributed by atoms with Gasteiger partial charge < -0.3 is 13.8 Å². The van der Waals surface area contributed by atoms with Crippen molar-refractivity contribution in [2.75, 3.05) is 4.81 Å². The molecule has 3 nitrogen and oxygen atoms in total. The van der Waals surface area contributed by atoms with Crippen LogP contribution in [0.15, 0.2) is 150 Å². The van der Waals surface area contributed by atoms with E-state index in [2.05, 4.69) is 176 Å². The molecule has 58 heavy (non-hydrogen) atoms. The van der Waals surface area contributed by atoms with Crippen molar-refractivity contribution in [3.8, 4) is 16.8 Å². The van der Waals surface area contributed by atoms with E-state index in [1.807, 2.05) is 22.7 Å². The maximum absolute atomic E-state index is 6.61. The second-order valence-electron chi connectivity index (χ2n) is 17.3. The molecule has 0 aliphatic carbocycles. The van der Waals surface area contributed by atoms with Crippen LogP contribution in [0.1, 0.15) is 26.3 Å². The Morgan fingerprint density at radius 3 is 1.93 bits per heavy atom. The molecule has 4 aromatic heterocycles. The Kier molecular flexibility index (Phi) is 5.90. The molecule has 0 amide bonds. The summed E-state index contributed by atoms with van der Waals surface area (Å²) in [5.41, 5.74) is 14.6. The fourth-order valence-electron chi connectivity index (χ4n) is 10.4. The fraction of sp³-hybridized carbons (Fsp3) is 0.0769. The second kappa shape index (κ2) is 10.8. The first kappa shape index (κ1) is 31.7. The molecule has 0 saturated carbocycles. The van der Waals surface area contributed by atoms with Gasteiger partial charge in [0.2, 0.25) is 0 Å². The zero-order valence-electron chi connectivity index (χ0n) is 32.1. The first-order valence-corrected chi connectivity index (χ1v) is 21.7. The molecule has 12 aromatic rings. The van der Waals surface area contributed by atoms with Gasteiger partial charge in [0.15, 0.2) is 0 Å². The highest BCUT2D eigenvalue weighted by molar-refractivity contribution is 7.26. The summed E-state index contributed by atoms with van der Waals surface area (Å²) in [6, 6.07) is 55.1. The molecule has 2 aliphatic rings. The number of anilines is 2. The van der Waals surface area contributed by atoms with Gasteiger partial charge in [-0.05, 0) is 94.2 Å². The number of aromatic nitrogens is 1. The monoisotopic (exact) mass is 776 g/mol. The minimum absolute atomic E-state index is 0.0449. The minimum Gasteiger partial charge on any atom is -0.456 e. The molecular weight excluding hydrogens is 744 g/mol. The van der Waals surface area contributed by atoms with E-state index >= 15 is 0 Å². The van der Waals surface area contributed by atoms with Gasteiger partial charge in [0.05, 0.1) is 11.0 Å². The summed E-state index contributed by atoms with van der Waals surface area (Å²) in [5, 5.41) is 10.2. The van der Waals surface area contributed by atoms with Gasteiger partial charge in [-0.2, -0.15) is 0 Å². The minimum atomic E-state index is -0.0642. The Morgan fingerprint density at radius 2 is 1.17 bits per heavy atom. The summed E-state index contributed by atoms with van der Waals surface area (Å²) in [5.74, 6) is 0. The van der Waals surface area contributed by atoms with E-state index in [4.69, 9.17) is 4.42 Å². The topological polar surface area (TPSA) is 21.3 Å². The number of para-hydroxylation sites is 1. The van der Waals surface area contributed by atoms with Gasteiger partial charge in [-0.3, -0.25) is 0 Å². The third kappa shape index (κ3) is 3.99. The van der Waals surface area contributed by atoms with Crippen LogP contribution in [0, 0.1) is 0 Å². The predicted octanol–water partition coefficient (Wildman–Crippen LogP) is 14.0. The van der Waals surface area contributed by atoms with Gasteiger partial charge in [0, 0.05) is 84.5 Å². The van der Waals surface area contributed by atoms with Crippen LogP contribution in [0.4, 0.5) is 11.4 Å². The molecule has 272 valence electrons. The van der Waals surface area contributed by atoms with Gasteiger partial charge in [-0.25, -0.2) is 0 Å².